The number of fused-ring (bicyclic) bond motifs is 3. The Morgan fingerprint density at radius 2 is 1.63 bits per heavy atom. The van der Waals surface area contributed by atoms with E-state index in [0.29, 0.717) is 0 Å². The molecule has 5 aromatic rings. The molecule has 0 unspecified atom stereocenters. The molecule has 0 aliphatic rings. The summed E-state index contributed by atoms with van der Waals surface area (Å²) in [4.78, 5) is 15.0. The highest BCUT2D eigenvalue weighted by Gasteiger charge is 2.15. The van der Waals surface area contributed by atoms with Gasteiger partial charge in [-0.05, 0) is 24.1 Å². The average molecular weight is 367 g/mol. The molecule has 0 spiro atoms. The van der Waals surface area contributed by atoms with Crippen molar-refractivity contribution in [3.8, 4) is 11.1 Å². The number of hydrogen-bond acceptors (Lipinski definition) is 4. The van der Waals surface area contributed by atoms with Gasteiger partial charge < -0.3 is 0 Å². The topological polar surface area (TPSA) is 38.7 Å². The van der Waals surface area contributed by atoms with Crippen LogP contribution in [0.4, 0.5) is 0 Å². The number of aromatic nitrogens is 3. The van der Waals surface area contributed by atoms with E-state index in [0.717, 1.165) is 38.2 Å². The molecule has 27 heavy (non-hydrogen) atoms. The first-order chi connectivity index (χ1) is 13.3. The minimum Gasteiger partial charge on any atom is -0.241 e. The largest absolute Gasteiger partial charge is 0.241 e. The van der Waals surface area contributed by atoms with Gasteiger partial charge in [0.25, 0.3) is 0 Å². The number of benzene rings is 2. The third-order valence-corrected chi connectivity index (χ3v) is 6.00. The van der Waals surface area contributed by atoms with Crippen molar-refractivity contribution in [2.45, 2.75) is 13.3 Å². The van der Waals surface area contributed by atoms with Crippen molar-refractivity contribution in [3.05, 3.63) is 90.0 Å². The van der Waals surface area contributed by atoms with Crippen molar-refractivity contribution in [2.75, 3.05) is 0 Å². The van der Waals surface area contributed by atoms with E-state index in [4.69, 9.17) is 4.98 Å². The number of nitrogens with zero attached hydrogens (tertiary/aromatic N) is 3. The van der Waals surface area contributed by atoms with Crippen LogP contribution in [-0.4, -0.2) is 15.0 Å². The molecular weight excluding hydrogens is 350 g/mol. The summed E-state index contributed by atoms with van der Waals surface area (Å²) in [5, 5.41) is 1.11. The molecule has 0 atom stereocenters. The first-order valence-corrected chi connectivity index (χ1v) is 9.74. The second kappa shape index (κ2) is 6.56. The summed E-state index contributed by atoms with van der Waals surface area (Å²) >= 11 is 1.68. The molecule has 0 bridgehead atoms. The molecule has 0 aliphatic carbocycles. The fraction of sp³-hybridized carbons (Fsp3) is 0.0870. The second-order valence-corrected chi connectivity index (χ2v) is 7.60. The molecule has 0 fully saturated rings. The normalized spacial score (nSPS) is 11.3. The van der Waals surface area contributed by atoms with Gasteiger partial charge in [-0.15, -0.1) is 11.3 Å². The molecule has 3 heterocycles. The van der Waals surface area contributed by atoms with E-state index in [1.54, 1.807) is 17.7 Å². The number of aryl methyl sites for hydroxylation is 1. The van der Waals surface area contributed by atoms with Crippen LogP contribution in [0.2, 0.25) is 0 Å². The van der Waals surface area contributed by atoms with Gasteiger partial charge in [-0.1, -0.05) is 60.7 Å². The lowest BCUT2D eigenvalue weighted by atomic mass is 9.98. The summed E-state index contributed by atoms with van der Waals surface area (Å²) in [7, 11) is 0. The molecule has 4 heteroatoms. The number of thiophene rings is 1. The molecular formula is C23H17N3S. The molecule has 0 saturated carbocycles. The first-order valence-electron chi connectivity index (χ1n) is 8.92. The zero-order valence-corrected chi connectivity index (χ0v) is 15.7. The van der Waals surface area contributed by atoms with Gasteiger partial charge in [0.15, 0.2) is 0 Å². The second-order valence-electron chi connectivity index (χ2n) is 6.60. The predicted octanol–water partition coefficient (Wildman–Crippen LogP) is 5.81. The van der Waals surface area contributed by atoms with Gasteiger partial charge in [0.2, 0.25) is 0 Å². The average Bonchev–Trinajstić information content (AvgIpc) is 3.08. The highest BCUT2D eigenvalue weighted by Crippen LogP contribution is 2.36. The molecule has 0 N–H and O–H groups in total. The third kappa shape index (κ3) is 2.88. The molecule has 0 amide bonds. The van der Waals surface area contributed by atoms with Gasteiger partial charge in [-0.2, -0.15) is 0 Å². The summed E-state index contributed by atoms with van der Waals surface area (Å²) in [5.74, 6) is 0. The van der Waals surface area contributed by atoms with Gasteiger partial charge in [-0.25, -0.2) is 15.0 Å². The third-order valence-electron chi connectivity index (χ3n) is 4.80. The van der Waals surface area contributed by atoms with Crippen LogP contribution in [0.25, 0.3) is 31.6 Å². The van der Waals surface area contributed by atoms with Crippen molar-refractivity contribution < 1.29 is 0 Å². The van der Waals surface area contributed by atoms with E-state index in [1.165, 1.54) is 16.7 Å². The van der Waals surface area contributed by atoms with Crippen LogP contribution in [0.1, 0.15) is 17.0 Å². The Morgan fingerprint density at radius 1 is 0.889 bits per heavy atom. The van der Waals surface area contributed by atoms with Gasteiger partial charge in [0, 0.05) is 17.4 Å². The Labute approximate surface area is 161 Å². The summed E-state index contributed by atoms with van der Waals surface area (Å²) in [6, 6.07) is 23.2. The molecule has 5 rings (SSSR count). The van der Waals surface area contributed by atoms with Crippen LogP contribution in [-0.2, 0) is 6.42 Å². The standard InChI is InChI=1S/C23H17N3S/c1-15-22-21(25-14-24-15)19-13-18(17-10-6-3-7-11-17)20(26-23(19)27-22)12-16-8-4-2-5-9-16/h2-11,13-14H,12H2,1H3. The minimum atomic E-state index is 0.805. The fourth-order valence-corrected chi connectivity index (χ4v) is 4.52. The highest BCUT2D eigenvalue weighted by molar-refractivity contribution is 7.25. The van der Waals surface area contributed by atoms with Gasteiger partial charge in [0.05, 0.1) is 21.6 Å². The van der Waals surface area contributed by atoms with E-state index in [2.05, 4.69) is 64.6 Å². The maximum Gasteiger partial charge on any atom is 0.126 e. The van der Waals surface area contributed by atoms with Crippen LogP contribution in [0.3, 0.4) is 0 Å². The van der Waals surface area contributed by atoms with Crippen LogP contribution in [0, 0.1) is 6.92 Å². The van der Waals surface area contributed by atoms with Crippen molar-refractivity contribution in [2.24, 2.45) is 0 Å². The van der Waals surface area contributed by atoms with Crippen molar-refractivity contribution in [3.63, 3.8) is 0 Å². The summed E-state index contributed by atoms with van der Waals surface area (Å²) in [5.41, 5.74) is 6.72. The maximum absolute atomic E-state index is 5.08. The van der Waals surface area contributed by atoms with Gasteiger partial charge in [-0.3, -0.25) is 0 Å². The van der Waals surface area contributed by atoms with E-state index >= 15 is 0 Å². The van der Waals surface area contributed by atoms with E-state index in [9.17, 15) is 0 Å². The number of hydrogen-bond donors (Lipinski definition) is 0. The molecule has 130 valence electrons. The SMILES string of the molecule is Cc1ncnc2c1sc1nc(Cc3ccccc3)c(-c3ccccc3)cc12. The predicted molar refractivity (Wildman–Crippen MR) is 112 cm³/mol. The Morgan fingerprint density at radius 3 is 2.41 bits per heavy atom. The summed E-state index contributed by atoms with van der Waals surface area (Å²) in [6.07, 6.45) is 2.45. The fourth-order valence-electron chi connectivity index (χ4n) is 3.44. The summed E-state index contributed by atoms with van der Waals surface area (Å²) < 4.78 is 1.12. The van der Waals surface area contributed by atoms with Crippen LogP contribution in [0.15, 0.2) is 73.1 Å². The van der Waals surface area contributed by atoms with Crippen LogP contribution in [0.5, 0.6) is 0 Å². The number of pyridine rings is 1. The molecule has 2 aromatic carbocycles. The maximum atomic E-state index is 5.08. The van der Waals surface area contributed by atoms with Crippen LogP contribution >= 0.6 is 11.3 Å². The minimum absolute atomic E-state index is 0.805. The van der Waals surface area contributed by atoms with E-state index in [1.807, 2.05) is 19.1 Å². The van der Waals surface area contributed by atoms with Crippen molar-refractivity contribution in [1.29, 1.82) is 0 Å². The quantitative estimate of drug-likeness (QED) is 0.404. The molecule has 0 saturated heterocycles. The molecule has 0 aliphatic heterocycles. The van der Waals surface area contributed by atoms with Gasteiger partial charge >= 0.3 is 0 Å². The van der Waals surface area contributed by atoms with Crippen molar-refractivity contribution >= 4 is 31.8 Å². The van der Waals surface area contributed by atoms with E-state index in [-0.39, 0.29) is 0 Å². The Bertz CT molecular complexity index is 1240. The summed E-state index contributed by atoms with van der Waals surface area (Å²) in [6.45, 7) is 2.03. The Balaban J connectivity index is 1.78. The van der Waals surface area contributed by atoms with Crippen molar-refractivity contribution in [1.82, 2.24) is 15.0 Å². The van der Waals surface area contributed by atoms with Crippen LogP contribution < -0.4 is 0 Å². The lowest BCUT2D eigenvalue weighted by Crippen LogP contribution is -1.96. The zero-order chi connectivity index (χ0) is 18.2. The highest BCUT2D eigenvalue weighted by atomic mass is 32.1. The molecule has 0 radical (unpaired) electrons. The molecule has 3 nitrogen and oxygen atoms in total. The zero-order valence-electron chi connectivity index (χ0n) is 14.9. The Hall–Kier alpha value is -3.11. The molecule has 3 aromatic heterocycles. The first kappa shape index (κ1) is 16.1. The number of rotatable bonds is 3. The Kier molecular flexibility index (Phi) is 3.91. The van der Waals surface area contributed by atoms with E-state index < -0.39 is 0 Å². The lowest BCUT2D eigenvalue weighted by molar-refractivity contribution is 1.11. The van der Waals surface area contributed by atoms with Gasteiger partial charge in [0.1, 0.15) is 11.2 Å². The monoisotopic (exact) mass is 367 g/mol. The lowest BCUT2D eigenvalue weighted by Gasteiger charge is -2.10. The smallest absolute Gasteiger partial charge is 0.126 e.